The summed E-state index contributed by atoms with van der Waals surface area (Å²) in [4.78, 5) is 28.3. The number of H-pyrrole nitrogens is 2. The molecule has 4 rings (SSSR count). The van der Waals surface area contributed by atoms with Gasteiger partial charge >= 0.3 is 0 Å². The first-order valence-corrected chi connectivity index (χ1v) is 6.27. The number of rotatable bonds is 2. The second kappa shape index (κ2) is 3.81. The van der Waals surface area contributed by atoms with Crippen LogP contribution in [0, 0.1) is 0 Å². The number of carbonyl (C=O) groups excluding carboxylic acids is 2. The molecule has 2 aromatic carbocycles. The van der Waals surface area contributed by atoms with Crippen LogP contribution in [0.4, 0.5) is 0 Å². The van der Waals surface area contributed by atoms with E-state index in [4.69, 9.17) is 0 Å². The predicted octanol–water partition coefficient (Wildman–Crippen LogP) is 3.43. The Morgan fingerprint density at radius 2 is 1.05 bits per heavy atom. The summed E-state index contributed by atoms with van der Waals surface area (Å²) in [7, 11) is 0. The lowest BCUT2D eigenvalue weighted by Gasteiger charge is -2.02. The van der Waals surface area contributed by atoms with Gasteiger partial charge in [-0.2, -0.15) is 0 Å². The molecule has 4 nitrogen and oxygen atoms in total. The monoisotopic (exact) mass is 262 g/mol. The highest BCUT2D eigenvalue weighted by atomic mass is 16.1. The van der Waals surface area contributed by atoms with Crippen LogP contribution in [0.5, 0.6) is 0 Å². The maximum atomic E-state index is 11.0. The summed E-state index contributed by atoms with van der Waals surface area (Å²) in [5.41, 5.74) is 3.19. The van der Waals surface area contributed by atoms with Crippen molar-refractivity contribution in [1.82, 2.24) is 9.97 Å². The molecule has 0 spiro atoms. The number of aromatic nitrogens is 2. The molecule has 0 unspecified atom stereocenters. The molecule has 0 aliphatic heterocycles. The van der Waals surface area contributed by atoms with Crippen molar-refractivity contribution in [3.8, 4) is 0 Å². The van der Waals surface area contributed by atoms with Gasteiger partial charge in [-0.15, -0.1) is 0 Å². The molecule has 0 fully saturated rings. The smallest absolute Gasteiger partial charge is 0.152 e. The summed E-state index contributed by atoms with van der Waals surface area (Å²) in [5.74, 6) is 0. The molecule has 0 radical (unpaired) electrons. The minimum Gasteiger partial charge on any atom is -0.360 e. The Bertz CT molecular complexity index is 910. The summed E-state index contributed by atoms with van der Waals surface area (Å²) in [5, 5.41) is 3.88. The minimum absolute atomic E-state index is 0.655. The normalized spacial score (nSPS) is 11.4. The zero-order valence-electron chi connectivity index (χ0n) is 10.4. The van der Waals surface area contributed by atoms with E-state index < -0.39 is 0 Å². The number of carbonyl (C=O) groups is 2. The fourth-order valence-corrected chi connectivity index (χ4v) is 2.85. The van der Waals surface area contributed by atoms with Gasteiger partial charge < -0.3 is 9.97 Å². The zero-order valence-corrected chi connectivity index (χ0v) is 10.4. The average molecular weight is 262 g/mol. The maximum absolute atomic E-state index is 11.0. The van der Waals surface area contributed by atoms with Crippen molar-refractivity contribution in [3.05, 3.63) is 47.8 Å². The van der Waals surface area contributed by atoms with E-state index in [2.05, 4.69) is 9.97 Å². The third-order valence-electron chi connectivity index (χ3n) is 3.82. The van der Waals surface area contributed by atoms with Crippen LogP contribution in [0.15, 0.2) is 36.7 Å². The Morgan fingerprint density at radius 3 is 1.45 bits per heavy atom. The van der Waals surface area contributed by atoms with Gasteiger partial charge in [0.1, 0.15) is 0 Å². The Morgan fingerprint density at radius 1 is 0.650 bits per heavy atom. The zero-order chi connectivity index (χ0) is 13.7. The highest BCUT2D eigenvalue weighted by molar-refractivity contribution is 6.19. The maximum Gasteiger partial charge on any atom is 0.152 e. The van der Waals surface area contributed by atoms with Crippen molar-refractivity contribution in [2.45, 2.75) is 0 Å². The molecule has 96 valence electrons. The summed E-state index contributed by atoms with van der Waals surface area (Å²) in [6.07, 6.45) is 5.13. The van der Waals surface area contributed by atoms with Crippen molar-refractivity contribution in [2.75, 3.05) is 0 Å². The Kier molecular flexibility index (Phi) is 2.09. The summed E-state index contributed by atoms with van der Waals surface area (Å²) < 4.78 is 0. The van der Waals surface area contributed by atoms with Crippen LogP contribution in [0.2, 0.25) is 0 Å². The average Bonchev–Trinajstić information content (AvgIpc) is 3.09. The first-order valence-electron chi connectivity index (χ1n) is 6.27. The van der Waals surface area contributed by atoms with Crippen molar-refractivity contribution >= 4 is 45.2 Å². The molecular formula is C16H10N2O2. The molecular weight excluding hydrogens is 252 g/mol. The van der Waals surface area contributed by atoms with Gasteiger partial charge in [0, 0.05) is 45.1 Å². The number of hydrogen-bond acceptors (Lipinski definition) is 2. The lowest BCUT2D eigenvalue weighted by molar-refractivity contribution is 0.111. The fourth-order valence-electron chi connectivity index (χ4n) is 2.85. The minimum atomic E-state index is 0.655. The number of nitrogens with one attached hydrogen (secondary N) is 2. The molecule has 0 amide bonds. The van der Waals surface area contributed by atoms with Gasteiger partial charge in [0.25, 0.3) is 0 Å². The first kappa shape index (κ1) is 11.0. The van der Waals surface area contributed by atoms with Crippen LogP contribution < -0.4 is 0 Å². The molecule has 0 aliphatic carbocycles. The number of benzene rings is 2. The number of hydrogen-bond donors (Lipinski definition) is 2. The summed E-state index contributed by atoms with van der Waals surface area (Å²) in [6, 6.07) is 7.81. The highest BCUT2D eigenvalue weighted by Crippen LogP contribution is 2.32. The van der Waals surface area contributed by atoms with E-state index >= 15 is 0 Å². The van der Waals surface area contributed by atoms with E-state index in [1.807, 2.05) is 24.3 Å². The van der Waals surface area contributed by atoms with Crippen LogP contribution in [0.25, 0.3) is 32.6 Å². The SMILES string of the molecule is O=Cc1c[nH]c2c1ccc1c2ccc2c(C=O)c[nH]c21. The van der Waals surface area contributed by atoms with E-state index in [0.29, 0.717) is 11.1 Å². The van der Waals surface area contributed by atoms with E-state index in [9.17, 15) is 9.59 Å². The third kappa shape index (κ3) is 1.25. The molecule has 0 saturated carbocycles. The van der Waals surface area contributed by atoms with Gasteiger partial charge in [-0.25, -0.2) is 0 Å². The van der Waals surface area contributed by atoms with Crippen LogP contribution in [0.1, 0.15) is 20.7 Å². The molecule has 2 heterocycles. The third-order valence-corrected chi connectivity index (χ3v) is 3.82. The fraction of sp³-hybridized carbons (Fsp3) is 0. The molecule has 0 saturated heterocycles. The Hall–Kier alpha value is -2.88. The van der Waals surface area contributed by atoms with Gasteiger partial charge in [0.2, 0.25) is 0 Å². The largest absolute Gasteiger partial charge is 0.360 e. The number of aromatic amines is 2. The van der Waals surface area contributed by atoms with Gasteiger partial charge in [0.05, 0.1) is 11.0 Å². The first-order chi connectivity index (χ1) is 9.83. The van der Waals surface area contributed by atoms with Crippen molar-refractivity contribution in [2.24, 2.45) is 0 Å². The molecule has 4 aromatic rings. The Balaban J connectivity index is 2.21. The lowest BCUT2D eigenvalue weighted by Crippen LogP contribution is -1.80. The van der Waals surface area contributed by atoms with Crippen LogP contribution in [-0.2, 0) is 0 Å². The van der Waals surface area contributed by atoms with Gasteiger partial charge in [-0.05, 0) is 0 Å². The standard InChI is InChI=1S/C16H10N2O2/c19-7-9-5-17-15-11(9)1-3-13-14(15)4-2-12-10(8-20)6-18-16(12)13/h1-8,17-18H. The molecule has 0 bridgehead atoms. The number of fused-ring (bicyclic) bond motifs is 5. The molecule has 0 atom stereocenters. The molecule has 2 N–H and O–H groups in total. The van der Waals surface area contributed by atoms with E-state index in [1.54, 1.807) is 12.4 Å². The van der Waals surface area contributed by atoms with Crippen LogP contribution in [0.3, 0.4) is 0 Å². The van der Waals surface area contributed by atoms with E-state index in [1.165, 1.54) is 0 Å². The summed E-state index contributed by atoms with van der Waals surface area (Å²) >= 11 is 0. The van der Waals surface area contributed by atoms with Crippen LogP contribution in [-0.4, -0.2) is 22.5 Å². The lowest BCUT2D eigenvalue weighted by atomic mass is 10.0. The van der Waals surface area contributed by atoms with Gasteiger partial charge in [-0.3, -0.25) is 9.59 Å². The molecule has 0 aliphatic rings. The van der Waals surface area contributed by atoms with Crippen molar-refractivity contribution in [1.29, 1.82) is 0 Å². The van der Waals surface area contributed by atoms with Gasteiger partial charge in [-0.1, -0.05) is 24.3 Å². The van der Waals surface area contributed by atoms with Crippen LogP contribution >= 0.6 is 0 Å². The van der Waals surface area contributed by atoms with E-state index in [0.717, 1.165) is 45.2 Å². The predicted molar refractivity (Wildman–Crippen MR) is 78.4 cm³/mol. The van der Waals surface area contributed by atoms with Crippen molar-refractivity contribution < 1.29 is 9.59 Å². The topological polar surface area (TPSA) is 65.7 Å². The van der Waals surface area contributed by atoms with Crippen molar-refractivity contribution in [3.63, 3.8) is 0 Å². The quantitative estimate of drug-likeness (QED) is 0.543. The second-order valence-electron chi connectivity index (χ2n) is 4.80. The Labute approximate surface area is 113 Å². The second-order valence-corrected chi connectivity index (χ2v) is 4.80. The van der Waals surface area contributed by atoms with Gasteiger partial charge in [0.15, 0.2) is 12.6 Å². The summed E-state index contributed by atoms with van der Waals surface area (Å²) in [6.45, 7) is 0. The molecule has 2 aromatic heterocycles. The van der Waals surface area contributed by atoms with E-state index in [-0.39, 0.29) is 0 Å². The highest BCUT2D eigenvalue weighted by Gasteiger charge is 2.11. The molecule has 4 heteroatoms. The number of aldehydes is 2. The molecule has 20 heavy (non-hydrogen) atoms.